The molecule has 3 heterocycles. The highest BCUT2D eigenvalue weighted by molar-refractivity contribution is 6.01. The van der Waals surface area contributed by atoms with Crippen LogP contribution >= 0.6 is 0 Å². The average molecular weight is 545 g/mol. The van der Waals surface area contributed by atoms with Crippen molar-refractivity contribution in [3.63, 3.8) is 0 Å². The molecule has 0 aliphatic carbocycles. The maximum atomic E-state index is 13.6. The summed E-state index contributed by atoms with van der Waals surface area (Å²) in [6.07, 6.45) is -5.08. The molecule has 2 aromatic heterocycles. The quantitative estimate of drug-likeness (QED) is 0.477. The van der Waals surface area contributed by atoms with Crippen LogP contribution in [0.25, 0.3) is 11.2 Å². The van der Waals surface area contributed by atoms with E-state index in [1.165, 1.54) is 50.6 Å². The third-order valence-corrected chi connectivity index (χ3v) is 6.29. The Morgan fingerprint density at radius 2 is 1.82 bits per heavy atom. The Morgan fingerprint density at radius 1 is 1.15 bits per heavy atom. The summed E-state index contributed by atoms with van der Waals surface area (Å²) in [6, 6.07) is 6.08. The molecule has 3 aromatic rings. The lowest BCUT2D eigenvalue weighted by Gasteiger charge is -2.37. The number of piperazine rings is 1. The number of amides is 1. The number of fused-ring (bicyclic) bond motifs is 1. The van der Waals surface area contributed by atoms with Crippen LogP contribution in [0.2, 0.25) is 0 Å². The Labute approximate surface area is 223 Å². The van der Waals surface area contributed by atoms with Gasteiger partial charge in [-0.25, -0.2) is 0 Å². The summed E-state index contributed by atoms with van der Waals surface area (Å²) in [5.41, 5.74) is -0.978. The lowest BCUT2D eigenvalue weighted by molar-refractivity contribution is -0.171. The van der Waals surface area contributed by atoms with E-state index >= 15 is 0 Å². The summed E-state index contributed by atoms with van der Waals surface area (Å²) < 4.78 is 43.7. The van der Waals surface area contributed by atoms with Gasteiger partial charge in [0.1, 0.15) is 0 Å². The zero-order chi connectivity index (χ0) is 28.5. The number of hydrogen-bond donors (Lipinski definition) is 2. The lowest BCUT2D eigenvalue weighted by atomic mass is 10.0. The van der Waals surface area contributed by atoms with E-state index in [1.807, 2.05) is 0 Å². The van der Waals surface area contributed by atoms with E-state index in [-0.39, 0.29) is 35.0 Å². The summed E-state index contributed by atoms with van der Waals surface area (Å²) >= 11 is 0. The molecule has 4 rings (SSSR count). The molecular weight excluding hydrogens is 513 g/mol. The van der Waals surface area contributed by atoms with Crippen molar-refractivity contribution in [1.82, 2.24) is 24.4 Å². The standard InChI is InChI=1S/C26H31F3N8O2/c1-6-7-14-36-19-20(33-24(36)35-15-12-30-13-16-35)32-23(34(5)21(19)38)31-17-10-8-9-11-18(17)37(25(2,3)4)22(39)26(27,28)29/h8-11,30H,12-16H2,1-5H3,(H,31,32). The molecule has 0 atom stereocenters. The first-order chi connectivity index (χ1) is 18.3. The Kier molecular flexibility index (Phi) is 7.61. The second-order valence-corrected chi connectivity index (χ2v) is 10.1. The molecule has 13 heteroatoms. The van der Waals surface area contributed by atoms with E-state index in [0.29, 0.717) is 23.9 Å². The maximum absolute atomic E-state index is 13.6. The molecule has 1 aliphatic heterocycles. The summed E-state index contributed by atoms with van der Waals surface area (Å²) in [5, 5.41) is 6.26. The van der Waals surface area contributed by atoms with Crippen molar-refractivity contribution in [2.24, 2.45) is 7.05 Å². The minimum atomic E-state index is -5.08. The van der Waals surface area contributed by atoms with Gasteiger partial charge in [0.15, 0.2) is 11.2 Å². The van der Waals surface area contributed by atoms with E-state index in [1.54, 1.807) is 17.6 Å². The number of halogens is 3. The number of benzene rings is 1. The van der Waals surface area contributed by atoms with Crippen molar-refractivity contribution in [2.45, 2.75) is 46.0 Å². The van der Waals surface area contributed by atoms with Crippen LogP contribution in [0.1, 0.15) is 27.7 Å². The molecule has 1 aliphatic rings. The number of alkyl halides is 3. The van der Waals surface area contributed by atoms with Crippen LogP contribution in [0, 0.1) is 11.8 Å². The van der Waals surface area contributed by atoms with Crippen LogP contribution < -0.4 is 26.0 Å². The fourth-order valence-corrected chi connectivity index (χ4v) is 4.47. The molecule has 0 spiro atoms. The number of aromatic nitrogens is 4. The van der Waals surface area contributed by atoms with Gasteiger partial charge in [-0.3, -0.25) is 23.6 Å². The van der Waals surface area contributed by atoms with E-state index in [2.05, 4.69) is 37.3 Å². The molecule has 1 saturated heterocycles. The Bertz CT molecular complexity index is 1500. The molecule has 1 amide bonds. The highest BCUT2D eigenvalue weighted by Crippen LogP contribution is 2.36. The van der Waals surface area contributed by atoms with Crippen molar-refractivity contribution in [3.8, 4) is 11.8 Å². The first kappa shape index (κ1) is 28.0. The molecule has 1 fully saturated rings. The van der Waals surface area contributed by atoms with Crippen molar-refractivity contribution >= 4 is 40.3 Å². The van der Waals surface area contributed by atoms with Gasteiger partial charge in [0.05, 0.1) is 17.9 Å². The van der Waals surface area contributed by atoms with Crippen molar-refractivity contribution < 1.29 is 18.0 Å². The monoisotopic (exact) mass is 544 g/mol. The predicted molar refractivity (Wildman–Crippen MR) is 144 cm³/mol. The summed E-state index contributed by atoms with van der Waals surface area (Å²) in [4.78, 5) is 38.0. The van der Waals surface area contributed by atoms with Gasteiger partial charge in [-0.2, -0.15) is 23.1 Å². The molecule has 0 unspecified atom stereocenters. The molecule has 1 aromatic carbocycles. The number of nitrogens with one attached hydrogen (secondary N) is 2. The van der Waals surface area contributed by atoms with Crippen LogP contribution in [0.3, 0.4) is 0 Å². The van der Waals surface area contributed by atoms with Gasteiger partial charge >= 0.3 is 12.1 Å². The molecular formula is C26H31F3N8O2. The Hall–Kier alpha value is -4.05. The number of imidazole rings is 1. The van der Waals surface area contributed by atoms with E-state index in [0.717, 1.165) is 13.1 Å². The molecule has 208 valence electrons. The Balaban J connectivity index is 1.84. The van der Waals surface area contributed by atoms with Gasteiger partial charge in [0.25, 0.3) is 5.56 Å². The fraction of sp³-hybridized carbons (Fsp3) is 0.462. The zero-order valence-corrected chi connectivity index (χ0v) is 22.5. The summed E-state index contributed by atoms with van der Waals surface area (Å²) in [7, 11) is 1.51. The minimum absolute atomic E-state index is 0.00748. The number of hydrogen-bond acceptors (Lipinski definition) is 7. The van der Waals surface area contributed by atoms with E-state index in [9.17, 15) is 22.8 Å². The van der Waals surface area contributed by atoms with Crippen molar-refractivity contribution in [1.29, 1.82) is 0 Å². The summed E-state index contributed by atoms with van der Waals surface area (Å²) in [5.74, 6) is 4.47. The number of carbonyl (C=O) groups is 1. The van der Waals surface area contributed by atoms with Crippen molar-refractivity contribution in [3.05, 3.63) is 34.6 Å². The zero-order valence-electron chi connectivity index (χ0n) is 22.5. The van der Waals surface area contributed by atoms with Crippen LogP contribution in [0.15, 0.2) is 29.1 Å². The summed E-state index contributed by atoms with van der Waals surface area (Å²) in [6.45, 7) is 9.40. The van der Waals surface area contributed by atoms with Crippen LogP contribution in [-0.2, 0) is 18.4 Å². The number of carbonyl (C=O) groups excluding carboxylic acids is 1. The van der Waals surface area contributed by atoms with Crippen molar-refractivity contribution in [2.75, 3.05) is 41.3 Å². The molecule has 39 heavy (non-hydrogen) atoms. The van der Waals surface area contributed by atoms with Gasteiger partial charge < -0.3 is 15.5 Å². The minimum Gasteiger partial charge on any atom is -0.340 e. The van der Waals surface area contributed by atoms with Crippen LogP contribution in [0.4, 0.5) is 36.4 Å². The SMILES string of the molecule is CC#CCn1c(N2CCNCC2)nc2nc(Nc3ccccc3N(C(=O)C(F)(F)F)C(C)(C)C)n(C)c(=O)c21. The smallest absolute Gasteiger partial charge is 0.340 e. The Morgan fingerprint density at radius 3 is 2.44 bits per heavy atom. The second-order valence-electron chi connectivity index (χ2n) is 10.1. The highest BCUT2D eigenvalue weighted by atomic mass is 19.4. The molecule has 0 saturated carbocycles. The average Bonchev–Trinajstić information content (AvgIpc) is 3.24. The third-order valence-electron chi connectivity index (χ3n) is 6.29. The molecule has 2 N–H and O–H groups in total. The lowest BCUT2D eigenvalue weighted by Crippen LogP contribution is -2.51. The molecule has 0 bridgehead atoms. The van der Waals surface area contributed by atoms with Crippen LogP contribution in [-0.4, -0.2) is 62.9 Å². The fourth-order valence-electron chi connectivity index (χ4n) is 4.47. The van der Waals surface area contributed by atoms with Gasteiger partial charge in [-0.15, -0.1) is 5.92 Å². The van der Waals surface area contributed by atoms with E-state index < -0.39 is 23.2 Å². The largest absolute Gasteiger partial charge is 0.471 e. The van der Waals surface area contributed by atoms with Crippen LogP contribution in [0.5, 0.6) is 0 Å². The number of anilines is 4. The van der Waals surface area contributed by atoms with Gasteiger partial charge in [-0.1, -0.05) is 18.1 Å². The predicted octanol–water partition coefficient (Wildman–Crippen LogP) is 3.00. The first-order valence-corrected chi connectivity index (χ1v) is 12.4. The van der Waals surface area contributed by atoms with Gasteiger partial charge in [0, 0.05) is 38.8 Å². The third kappa shape index (κ3) is 5.56. The topological polar surface area (TPSA) is 100 Å². The normalized spacial score (nSPS) is 14.2. The number of nitrogens with zero attached hydrogens (tertiary/aromatic N) is 6. The van der Waals surface area contributed by atoms with Gasteiger partial charge in [-0.05, 0) is 39.8 Å². The number of rotatable bonds is 5. The highest BCUT2D eigenvalue weighted by Gasteiger charge is 2.47. The first-order valence-electron chi connectivity index (χ1n) is 12.4. The van der Waals surface area contributed by atoms with E-state index in [4.69, 9.17) is 0 Å². The second kappa shape index (κ2) is 10.6. The number of para-hydroxylation sites is 2. The molecule has 0 radical (unpaired) electrons. The van der Waals surface area contributed by atoms with Gasteiger partial charge in [0.2, 0.25) is 11.9 Å². The molecule has 10 nitrogen and oxygen atoms in total. The maximum Gasteiger partial charge on any atom is 0.471 e.